The van der Waals surface area contributed by atoms with Gasteiger partial charge in [-0.25, -0.2) is 14.6 Å². The van der Waals surface area contributed by atoms with Crippen LogP contribution in [0.3, 0.4) is 0 Å². The number of cyclic esters (lactones) is 1. The maximum Gasteiger partial charge on any atom is 0.363 e. The fraction of sp³-hybridized carbons (Fsp3) is 0.0417. The molecule has 0 bridgehead atoms. The number of benzene rings is 3. The highest BCUT2D eigenvalue weighted by Gasteiger charge is 2.26. The second-order valence-electron chi connectivity index (χ2n) is 7.10. The predicted molar refractivity (Wildman–Crippen MR) is 129 cm³/mol. The number of fused-ring (bicyclic) bond motifs is 1. The SMILES string of the molecule is O=C1OC(c2ccc3c(c2)OCO3)=N/C1=C/c1cc(Br)ccc1OC(=O)c1ccc(Cl)cc1Cl. The van der Waals surface area contributed by atoms with Crippen molar-refractivity contribution in [2.45, 2.75) is 0 Å². The standard InChI is InChI=1S/C24H12BrCl2NO6/c25-14-2-6-19(33-23(29)16-4-3-15(26)10-17(16)27)13(7-14)8-18-24(30)34-22(28-18)12-1-5-20-21(9-12)32-11-31-20/h1-10H,11H2/b18-8+. The number of esters is 2. The van der Waals surface area contributed by atoms with E-state index in [-0.39, 0.29) is 34.7 Å². The topological polar surface area (TPSA) is 83.4 Å². The Morgan fingerprint density at radius 3 is 2.68 bits per heavy atom. The second-order valence-corrected chi connectivity index (χ2v) is 8.86. The Morgan fingerprint density at radius 1 is 1.03 bits per heavy atom. The van der Waals surface area contributed by atoms with Crippen LogP contribution in [-0.2, 0) is 9.53 Å². The van der Waals surface area contributed by atoms with Crippen molar-refractivity contribution in [2.75, 3.05) is 6.79 Å². The maximum absolute atomic E-state index is 12.7. The minimum Gasteiger partial charge on any atom is -0.454 e. The molecule has 2 aliphatic rings. The third kappa shape index (κ3) is 4.52. The highest BCUT2D eigenvalue weighted by Crippen LogP contribution is 2.34. The molecule has 0 radical (unpaired) electrons. The molecular weight excluding hydrogens is 549 g/mol. The average Bonchev–Trinajstić information content (AvgIpc) is 3.41. The van der Waals surface area contributed by atoms with E-state index in [0.717, 1.165) is 0 Å². The van der Waals surface area contributed by atoms with Crippen molar-refractivity contribution in [1.29, 1.82) is 0 Å². The number of carbonyl (C=O) groups is 2. The van der Waals surface area contributed by atoms with E-state index in [1.54, 1.807) is 36.4 Å². The van der Waals surface area contributed by atoms with Crippen molar-refractivity contribution < 1.29 is 28.5 Å². The zero-order valence-corrected chi connectivity index (χ0v) is 20.1. The Hall–Kier alpha value is -3.33. The number of hydrogen-bond donors (Lipinski definition) is 0. The quantitative estimate of drug-likeness (QED) is 0.219. The van der Waals surface area contributed by atoms with Gasteiger partial charge in [0, 0.05) is 20.6 Å². The fourth-order valence-corrected chi connectivity index (χ4v) is 4.11. The molecule has 2 aliphatic heterocycles. The summed E-state index contributed by atoms with van der Waals surface area (Å²) >= 11 is 15.4. The largest absolute Gasteiger partial charge is 0.454 e. The lowest BCUT2D eigenvalue weighted by atomic mass is 10.1. The van der Waals surface area contributed by atoms with Gasteiger partial charge in [-0.05, 0) is 60.7 Å². The van der Waals surface area contributed by atoms with E-state index in [1.807, 2.05) is 0 Å². The van der Waals surface area contributed by atoms with E-state index >= 15 is 0 Å². The number of halogens is 3. The van der Waals surface area contributed by atoms with E-state index in [1.165, 1.54) is 24.3 Å². The van der Waals surface area contributed by atoms with Gasteiger partial charge in [0.25, 0.3) is 0 Å². The van der Waals surface area contributed by atoms with Crippen molar-refractivity contribution in [3.05, 3.63) is 91.5 Å². The smallest absolute Gasteiger partial charge is 0.363 e. The summed E-state index contributed by atoms with van der Waals surface area (Å²) in [5.74, 6) is 0.136. The van der Waals surface area contributed by atoms with Gasteiger partial charge in [-0.1, -0.05) is 39.1 Å². The molecule has 170 valence electrons. The fourth-order valence-electron chi connectivity index (χ4n) is 3.24. The second kappa shape index (κ2) is 9.13. The monoisotopic (exact) mass is 559 g/mol. The summed E-state index contributed by atoms with van der Waals surface area (Å²) in [5.41, 5.74) is 1.17. The number of aliphatic imine (C=N–C) groups is 1. The number of rotatable bonds is 4. The number of ether oxygens (including phenoxy) is 4. The van der Waals surface area contributed by atoms with Crippen molar-refractivity contribution in [2.24, 2.45) is 4.99 Å². The van der Waals surface area contributed by atoms with Crippen LogP contribution in [0, 0.1) is 0 Å². The minimum atomic E-state index is -0.679. The van der Waals surface area contributed by atoms with Crippen molar-refractivity contribution in [3.63, 3.8) is 0 Å². The molecule has 3 aromatic carbocycles. The van der Waals surface area contributed by atoms with Gasteiger partial charge in [0.2, 0.25) is 12.7 Å². The Balaban J connectivity index is 1.45. The van der Waals surface area contributed by atoms with Crippen molar-refractivity contribution in [3.8, 4) is 17.2 Å². The molecule has 0 amide bonds. The first kappa shape index (κ1) is 22.5. The van der Waals surface area contributed by atoms with E-state index in [2.05, 4.69) is 20.9 Å². The predicted octanol–water partition coefficient (Wildman–Crippen LogP) is 6.05. The Labute approximate surface area is 211 Å². The van der Waals surface area contributed by atoms with E-state index < -0.39 is 11.9 Å². The summed E-state index contributed by atoms with van der Waals surface area (Å²) in [5, 5.41) is 0.554. The third-order valence-electron chi connectivity index (χ3n) is 4.86. The van der Waals surface area contributed by atoms with Gasteiger partial charge in [0.15, 0.2) is 17.2 Å². The molecule has 0 aromatic heterocycles. The van der Waals surface area contributed by atoms with Gasteiger partial charge in [-0.2, -0.15) is 0 Å². The maximum atomic E-state index is 12.7. The lowest BCUT2D eigenvalue weighted by molar-refractivity contribution is -0.129. The van der Waals surface area contributed by atoms with Crippen molar-refractivity contribution in [1.82, 2.24) is 0 Å². The zero-order chi connectivity index (χ0) is 23.8. The summed E-state index contributed by atoms with van der Waals surface area (Å²) in [7, 11) is 0. The summed E-state index contributed by atoms with van der Waals surface area (Å²) in [4.78, 5) is 29.5. The lowest BCUT2D eigenvalue weighted by Gasteiger charge is -2.09. The van der Waals surface area contributed by atoms with Crippen LogP contribution >= 0.6 is 39.1 Å². The molecule has 7 nitrogen and oxygen atoms in total. The molecule has 0 saturated carbocycles. The normalized spacial score (nSPS) is 15.3. The van der Waals surface area contributed by atoms with Gasteiger partial charge in [0.05, 0.1) is 10.6 Å². The molecule has 10 heteroatoms. The van der Waals surface area contributed by atoms with Crippen LogP contribution in [0.25, 0.3) is 6.08 Å². The molecule has 0 spiro atoms. The zero-order valence-electron chi connectivity index (χ0n) is 17.0. The van der Waals surface area contributed by atoms with E-state index in [0.29, 0.717) is 32.1 Å². The third-order valence-corrected chi connectivity index (χ3v) is 5.90. The molecule has 0 saturated heterocycles. The molecule has 0 aliphatic carbocycles. The van der Waals surface area contributed by atoms with Gasteiger partial charge < -0.3 is 18.9 Å². The van der Waals surface area contributed by atoms with Crippen LogP contribution in [0.2, 0.25) is 10.0 Å². The van der Waals surface area contributed by atoms with E-state index in [9.17, 15) is 9.59 Å². The highest BCUT2D eigenvalue weighted by atomic mass is 79.9. The first-order valence-electron chi connectivity index (χ1n) is 9.77. The summed E-state index contributed by atoms with van der Waals surface area (Å²) < 4.78 is 22.3. The molecule has 0 unspecified atom stereocenters. The Kier molecular flexibility index (Phi) is 6.03. The summed E-state index contributed by atoms with van der Waals surface area (Å²) in [6.45, 7) is 0.127. The molecule has 34 heavy (non-hydrogen) atoms. The molecule has 5 rings (SSSR count). The number of hydrogen-bond acceptors (Lipinski definition) is 7. The Morgan fingerprint density at radius 2 is 1.85 bits per heavy atom. The van der Waals surface area contributed by atoms with Gasteiger partial charge in [-0.3, -0.25) is 0 Å². The molecular formula is C24H12BrCl2NO6. The minimum absolute atomic E-state index is 0.0348. The number of nitrogens with zero attached hydrogens (tertiary/aromatic N) is 1. The molecule has 0 atom stereocenters. The molecule has 0 N–H and O–H groups in total. The van der Waals surface area contributed by atoms with E-state index in [4.69, 9.17) is 42.1 Å². The van der Waals surface area contributed by atoms with Crippen LogP contribution in [0.4, 0.5) is 0 Å². The average molecular weight is 561 g/mol. The first-order chi connectivity index (χ1) is 16.4. The van der Waals surface area contributed by atoms with Gasteiger partial charge in [-0.15, -0.1) is 0 Å². The molecule has 3 aromatic rings. The number of carbonyl (C=O) groups excluding carboxylic acids is 2. The molecule has 0 fully saturated rings. The van der Waals surface area contributed by atoms with Gasteiger partial charge in [0.1, 0.15) is 5.75 Å². The van der Waals surface area contributed by atoms with Crippen LogP contribution in [0.1, 0.15) is 21.5 Å². The van der Waals surface area contributed by atoms with Crippen LogP contribution in [0.15, 0.2) is 69.8 Å². The lowest BCUT2D eigenvalue weighted by Crippen LogP contribution is -2.10. The highest BCUT2D eigenvalue weighted by molar-refractivity contribution is 9.10. The summed E-state index contributed by atoms with van der Waals surface area (Å²) in [6.07, 6.45) is 1.47. The van der Waals surface area contributed by atoms with Crippen LogP contribution < -0.4 is 14.2 Å². The van der Waals surface area contributed by atoms with Gasteiger partial charge >= 0.3 is 11.9 Å². The van der Waals surface area contributed by atoms with Crippen molar-refractivity contribution >= 4 is 63.0 Å². The van der Waals surface area contributed by atoms with Crippen LogP contribution in [0.5, 0.6) is 17.2 Å². The summed E-state index contributed by atoms with van der Waals surface area (Å²) in [6, 6.07) is 14.5. The first-order valence-corrected chi connectivity index (χ1v) is 11.3. The molecule has 2 heterocycles. The van der Waals surface area contributed by atoms with Crippen LogP contribution in [-0.4, -0.2) is 24.6 Å². The Bertz CT molecular complexity index is 1420.